The molecule has 0 saturated heterocycles. The number of rotatable bonds is 4. The summed E-state index contributed by atoms with van der Waals surface area (Å²) in [6.07, 6.45) is 0.223. The zero-order valence-electron chi connectivity index (χ0n) is 18.0. The number of carbonyl (C=O) groups is 1. The van der Waals surface area contributed by atoms with Crippen molar-refractivity contribution < 1.29 is 9.53 Å². The van der Waals surface area contributed by atoms with Crippen molar-refractivity contribution >= 4 is 49.7 Å². The minimum atomic E-state index is -0.0816. The van der Waals surface area contributed by atoms with E-state index in [4.69, 9.17) is 15.5 Å². The molecule has 0 aliphatic carbocycles. The molecule has 2 heterocycles. The molecule has 5 nitrogen and oxygen atoms in total. The molecule has 0 spiro atoms. The van der Waals surface area contributed by atoms with E-state index < -0.39 is 0 Å². The van der Waals surface area contributed by atoms with Crippen molar-refractivity contribution in [2.45, 2.75) is 34.1 Å². The quantitative estimate of drug-likeness (QED) is 0.432. The van der Waals surface area contributed by atoms with Gasteiger partial charge in [-0.2, -0.15) is 0 Å². The second kappa shape index (κ2) is 9.13. The molecule has 2 aromatic heterocycles. The number of carbonyl (C=O) groups excluding carboxylic acids is 1. The fourth-order valence-corrected chi connectivity index (χ4v) is 4.40. The van der Waals surface area contributed by atoms with Crippen LogP contribution in [-0.4, -0.2) is 18.0 Å². The van der Waals surface area contributed by atoms with Crippen molar-refractivity contribution in [2.75, 3.05) is 18.2 Å². The second-order valence-corrected chi connectivity index (χ2v) is 7.91. The predicted octanol–water partition coefficient (Wildman–Crippen LogP) is 5.86. The number of ether oxygens (including phenoxy) is 1. The largest absolute Gasteiger partial charge is 0.497 e. The third kappa shape index (κ3) is 4.24. The van der Waals surface area contributed by atoms with Gasteiger partial charge >= 0.3 is 0 Å². The molecule has 0 aliphatic rings. The molecular formula is C24H27N3O2S. The molecule has 0 aliphatic heterocycles. The molecule has 0 unspecified atom stereocenters. The van der Waals surface area contributed by atoms with Crippen molar-refractivity contribution in [2.24, 2.45) is 0 Å². The Balaban J connectivity index is 0.00000124. The van der Waals surface area contributed by atoms with Gasteiger partial charge in [0, 0.05) is 27.4 Å². The maximum Gasteiger partial charge on any atom is 0.229 e. The van der Waals surface area contributed by atoms with E-state index in [1.54, 1.807) is 7.11 Å². The second-order valence-electron chi connectivity index (χ2n) is 6.83. The lowest BCUT2D eigenvalue weighted by Gasteiger charge is -2.11. The number of amides is 1. The van der Waals surface area contributed by atoms with E-state index in [0.717, 1.165) is 48.6 Å². The highest BCUT2D eigenvalue weighted by atomic mass is 32.1. The van der Waals surface area contributed by atoms with Crippen LogP contribution >= 0.6 is 11.3 Å². The number of benzene rings is 2. The molecule has 0 saturated carbocycles. The van der Waals surface area contributed by atoms with E-state index >= 15 is 0 Å². The fraction of sp³-hybridized carbons (Fsp3) is 0.250. The van der Waals surface area contributed by atoms with Crippen LogP contribution in [0.1, 0.15) is 29.9 Å². The van der Waals surface area contributed by atoms with Crippen LogP contribution in [0.4, 0.5) is 11.4 Å². The summed E-state index contributed by atoms with van der Waals surface area (Å²) in [5.74, 6) is 0.680. The maximum atomic E-state index is 12.6. The molecule has 4 aromatic rings. The molecule has 156 valence electrons. The Morgan fingerprint density at radius 3 is 2.50 bits per heavy atom. The van der Waals surface area contributed by atoms with Gasteiger partial charge in [-0.25, -0.2) is 4.98 Å². The standard InChI is InChI=1S/C22H21N3O2S.C2H6/c1-12-5-4-6-13(2)21(12)25-19(26)11-18-20(23)16-9-14-7-8-15(27-3)10-17(14)24-22(16)28-18;1-2/h4-10H,11,23H2,1-3H3,(H,25,26);1-2H3. The lowest BCUT2D eigenvalue weighted by Crippen LogP contribution is -2.16. The topological polar surface area (TPSA) is 77.2 Å². The summed E-state index contributed by atoms with van der Waals surface area (Å²) in [6.45, 7) is 7.97. The molecule has 4 rings (SSSR count). The zero-order chi connectivity index (χ0) is 21.8. The summed E-state index contributed by atoms with van der Waals surface area (Å²) in [5.41, 5.74) is 10.8. The van der Waals surface area contributed by atoms with E-state index in [2.05, 4.69) is 5.32 Å². The van der Waals surface area contributed by atoms with Gasteiger partial charge in [-0.05, 0) is 43.2 Å². The number of nitrogens with two attached hydrogens (primary N) is 1. The van der Waals surface area contributed by atoms with Crippen molar-refractivity contribution in [1.29, 1.82) is 0 Å². The Morgan fingerprint density at radius 1 is 1.13 bits per heavy atom. The lowest BCUT2D eigenvalue weighted by molar-refractivity contribution is -0.115. The SMILES string of the molecule is CC.COc1ccc2cc3c(N)c(CC(=O)Nc4c(C)cccc4C)sc3nc2c1. The van der Waals surface area contributed by atoms with Crippen molar-refractivity contribution in [3.63, 3.8) is 0 Å². The average Bonchev–Trinajstić information content (AvgIpc) is 3.04. The molecular weight excluding hydrogens is 394 g/mol. The van der Waals surface area contributed by atoms with Crippen LogP contribution in [0.25, 0.3) is 21.1 Å². The first-order valence-electron chi connectivity index (χ1n) is 9.98. The molecule has 3 N–H and O–H groups in total. The number of nitrogen functional groups attached to an aromatic ring is 1. The first-order chi connectivity index (χ1) is 14.5. The lowest BCUT2D eigenvalue weighted by atomic mass is 10.1. The highest BCUT2D eigenvalue weighted by Gasteiger charge is 2.16. The third-order valence-electron chi connectivity index (χ3n) is 4.87. The Morgan fingerprint density at radius 2 is 1.83 bits per heavy atom. The van der Waals surface area contributed by atoms with Gasteiger partial charge in [0.05, 0.1) is 24.7 Å². The summed E-state index contributed by atoms with van der Waals surface area (Å²) in [4.78, 5) is 19.0. The first kappa shape index (κ1) is 21.6. The Labute approximate surface area is 180 Å². The highest BCUT2D eigenvalue weighted by molar-refractivity contribution is 7.19. The molecule has 30 heavy (non-hydrogen) atoms. The smallest absolute Gasteiger partial charge is 0.229 e. The van der Waals surface area contributed by atoms with Crippen LogP contribution < -0.4 is 15.8 Å². The normalized spacial score (nSPS) is 10.6. The molecule has 0 atom stereocenters. The number of thiophene rings is 1. The van der Waals surface area contributed by atoms with Crippen LogP contribution in [0, 0.1) is 13.8 Å². The number of para-hydroxylation sites is 1. The van der Waals surface area contributed by atoms with Gasteiger partial charge in [-0.1, -0.05) is 32.0 Å². The number of fused-ring (bicyclic) bond motifs is 2. The van der Waals surface area contributed by atoms with Crippen LogP contribution in [0.5, 0.6) is 5.75 Å². The molecule has 6 heteroatoms. The van der Waals surface area contributed by atoms with Crippen molar-refractivity contribution in [3.05, 3.63) is 58.5 Å². The minimum absolute atomic E-state index is 0.0816. The van der Waals surface area contributed by atoms with E-state index in [-0.39, 0.29) is 12.3 Å². The number of methoxy groups -OCH3 is 1. The Kier molecular flexibility index (Phi) is 6.57. The Hall–Kier alpha value is -3.12. The minimum Gasteiger partial charge on any atom is -0.497 e. The maximum absolute atomic E-state index is 12.6. The summed E-state index contributed by atoms with van der Waals surface area (Å²) in [5, 5.41) is 4.90. The van der Waals surface area contributed by atoms with Gasteiger partial charge in [0.2, 0.25) is 5.91 Å². The van der Waals surface area contributed by atoms with E-state index in [9.17, 15) is 4.79 Å². The van der Waals surface area contributed by atoms with E-state index in [1.807, 2.05) is 70.2 Å². The summed E-state index contributed by atoms with van der Waals surface area (Å²) in [6, 6.07) is 13.7. The number of hydrogen-bond donors (Lipinski definition) is 2. The highest BCUT2D eigenvalue weighted by Crippen LogP contribution is 2.35. The number of aromatic nitrogens is 1. The average molecular weight is 422 g/mol. The number of hydrogen-bond acceptors (Lipinski definition) is 5. The monoisotopic (exact) mass is 421 g/mol. The van der Waals surface area contributed by atoms with Crippen molar-refractivity contribution in [3.8, 4) is 5.75 Å². The molecule has 0 radical (unpaired) electrons. The fourth-order valence-electron chi connectivity index (χ4n) is 3.32. The third-order valence-corrected chi connectivity index (χ3v) is 5.98. The van der Waals surface area contributed by atoms with E-state index in [1.165, 1.54) is 11.3 Å². The molecule has 1 amide bonds. The molecule has 0 bridgehead atoms. The number of aryl methyl sites for hydroxylation is 2. The van der Waals surface area contributed by atoms with Gasteiger partial charge in [0.25, 0.3) is 0 Å². The first-order valence-corrected chi connectivity index (χ1v) is 10.8. The van der Waals surface area contributed by atoms with Gasteiger partial charge in [0.15, 0.2) is 0 Å². The van der Waals surface area contributed by atoms with Gasteiger partial charge in [0.1, 0.15) is 10.6 Å². The number of nitrogens with zero attached hydrogens (tertiary/aromatic N) is 1. The van der Waals surface area contributed by atoms with Crippen LogP contribution in [0.2, 0.25) is 0 Å². The summed E-state index contributed by atoms with van der Waals surface area (Å²) < 4.78 is 5.28. The van der Waals surface area contributed by atoms with Crippen LogP contribution in [-0.2, 0) is 11.2 Å². The zero-order valence-corrected chi connectivity index (χ0v) is 18.8. The number of pyridine rings is 1. The van der Waals surface area contributed by atoms with E-state index in [0.29, 0.717) is 5.69 Å². The van der Waals surface area contributed by atoms with Gasteiger partial charge in [-0.15, -0.1) is 11.3 Å². The molecule has 0 fully saturated rings. The van der Waals surface area contributed by atoms with Crippen LogP contribution in [0.3, 0.4) is 0 Å². The summed E-state index contributed by atoms with van der Waals surface area (Å²) in [7, 11) is 1.63. The molecule has 2 aromatic carbocycles. The predicted molar refractivity (Wildman–Crippen MR) is 128 cm³/mol. The number of anilines is 2. The summed E-state index contributed by atoms with van der Waals surface area (Å²) >= 11 is 1.46. The van der Waals surface area contributed by atoms with Gasteiger partial charge < -0.3 is 15.8 Å². The van der Waals surface area contributed by atoms with Crippen molar-refractivity contribution in [1.82, 2.24) is 4.98 Å². The van der Waals surface area contributed by atoms with Crippen LogP contribution in [0.15, 0.2) is 42.5 Å². The Bertz CT molecular complexity index is 1190. The van der Waals surface area contributed by atoms with Gasteiger partial charge in [-0.3, -0.25) is 4.79 Å². The number of nitrogens with one attached hydrogen (secondary N) is 1.